The van der Waals surface area contributed by atoms with Gasteiger partial charge in [-0.15, -0.1) is 0 Å². The minimum atomic E-state index is -1.54. The quantitative estimate of drug-likeness (QED) is 0.734. The van der Waals surface area contributed by atoms with Gasteiger partial charge in [-0.25, -0.2) is 8.78 Å². The predicted octanol–water partition coefficient (Wildman–Crippen LogP) is 2.64. The van der Waals surface area contributed by atoms with Gasteiger partial charge in [-0.1, -0.05) is 0 Å². The molecular formula is C12H18BF2NO2. The van der Waals surface area contributed by atoms with E-state index in [1.807, 2.05) is 27.7 Å². The van der Waals surface area contributed by atoms with E-state index in [0.29, 0.717) is 0 Å². The van der Waals surface area contributed by atoms with E-state index in [1.165, 1.54) is 6.08 Å². The van der Waals surface area contributed by atoms with Gasteiger partial charge in [-0.05, 0) is 39.2 Å². The van der Waals surface area contributed by atoms with Gasteiger partial charge in [0, 0.05) is 6.42 Å². The van der Waals surface area contributed by atoms with Crippen molar-refractivity contribution in [2.75, 3.05) is 0 Å². The standard InChI is InChI=1S/C12H18BF2NO2/c1-11(2)12(3,4)18-13(17-11)7-5-10(16)9(15)6-8(7)14/h5,8-9,16H,6H2,1-4H3. The number of nitrogens with one attached hydrogen (secondary N) is 1. The minimum Gasteiger partial charge on any atom is -0.399 e. The van der Waals surface area contributed by atoms with Gasteiger partial charge in [-0.3, -0.25) is 0 Å². The lowest BCUT2D eigenvalue weighted by Gasteiger charge is -2.32. The molecule has 100 valence electrons. The first kappa shape index (κ1) is 13.7. The third-order valence-electron chi connectivity index (χ3n) is 3.96. The van der Waals surface area contributed by atoms with Crippen LogP contribution in [0.25, 0.3) is 0 Å². The first-order valence-electron chi connectivity index (χ1n) is 6.08. The molecule has 2 unspecified atom stereocenters. The molecule has 0 bridgehead atoms. The SMILES string of the molecule is CC1(C)OB(C2=CC(=N)C(F)CC2F)OC1(C)C. The Kier molecular flexibility index (Phi) is 3.14. The molecule has 0 aromatic heterocycles. The van der Waals surface area contributed by atoms with E-state index >= 15 is 0 Å². The summed E-state index contributed by atoms with van der Waals surface area (Å²) >= 11 is 0. The van der Waals surface area contributed by atoms with Gasteiger partial charge < -0.3 is 14.7 Å². The largest absolute Gasteiger partial charge is 0.493 e. The van der Waals surface area contributed by atoms with Gasteiger partial charge in [0.1, 0.15) is 12.3 Å². The van der Waals surface area contributed by atoms with E-state index < -0.39 is 30.7 Å². The predicted molar refractivity (Wildman–Crippen MR) is 66.3 cm³/mol. The van der Waals surface area contributed by atoms with E-state index in [2.05, 4.69) is 0 Å². The second-order valence-electron chi connectivity index (χ2n) is 5.86. The topological polar surface area (TPSA) is 42.3 Å². The molecule has 1 N–H and O–H groups in total. The summed E-state index contributed by atoms with van der Waals surface area (Å²) in [5.74, 6) is 0. The summed E-state index contributed by atoms with van der Waals surface area (Å²) in [6.07, 6.45) is -2.11. The van der Waals surface area contributed by atoms with Crippen molar-refractivity contribution in [3.05, 3.63) is 11.5 Å². The number of hydrogen-bond acceptors (Lipinski definition) is 3. The Balaban J connectivity index is 2.24. The van der Waals surface area contributed by atoms with E-state index in [-0.39, 0.29) is 17.6 Å². The number of allylic oxidation sites excluding steroid dienone is 2. The van der Waals surface area contributed by atoms with Crippen LogP contribution < -0.4 is 0 Å². The Morgan fingerprint density at radius 2 is 1.67 bits per heavy atom. The van der Waals surface area contributed by atoms with Crippen molar-refractivity contribution >= 4 is 12.8 Å². The highest BCUT2D eigenvalue weighted by molar-refractivity contribution is 6.55. The Bertz CT molecular complexity index is 393. The second-order valence-corrected chi connectivity index (χ2v) is 5.86. The summed E-state index contributed by atoms with van der Waals surface area (Å²) in [5, 5.41) is 7.45. The molecule has 1 heterocycles. The Morgan fingerprint density at radius 1 is 1.17 bits per heavy atom. The van der Waals surface area contributed by atoms with Crippen LogP contribution in [0.5, 0.6) is 0 Å². The van der Waals surface area contributed by atoms with Crippen LogP contribution in [-0.4, -0.2) is 36.4 Å². The first-order valence-corrected chi connectivity index (χ1v) is 6.08. The molecule has 0 aromatic carbocycles. The average Bonchev–Trinajstić information content (AvgIpc) is 2.42. The van der Waals surface area contributed by atoms with Crippen molar-refractivity contribution in [1.29, 1.82) is 5.41 Å². The molecule has 3 nitrogen and oxygen atoms in total. The van der Waals surface area contributed by atoms with Gasteiger partial charge in [0.25, 0.3) is 0 Å². The number of halogens is 2. The van der Waals surface area contributed by atoms with Gasteiger partial charge in [0.2, 0.25) is 0 Å². The van der Waals surface area contributed by atoms with Gasteiger partial charge >= 0.3 is 7.12 Å². The maximum atomic E-state index is 13.9. The fourth-order valence-corrected chi connectivity index (χ4v) is 2.00. The highest BCUT2D eigenvalue weighted by Gasteiger charge is 2.54. The zero-order chi connectivity index (χ0) is 13.7. The van der Waals surface area contributed by atoms with Gasteiger partial charge in [-0.2, -0.15) is 0 Å². The number of alkyl halides is 2. The maximum Gasteiger partial charge on any atom is 0.493 e. The van der Waals surface area contributed by atoms with Gasteiger partial charge in [0.05, 0.1) is 16.9 Å². The van der Waals surface area contributed by atoms with Crippen LogP contribution in [0.2, 0.25) is 0 Å². The second kappa shape index (κ2) is 4.13. The zero-order valence-corrected chi connectivity index (χ0v) is 11.1. The van der Waals surface area contributed by atoms with Crippen LogP contribution in [0, 0.1) is 5.41 Å². The molecule has 18 heavy (non-hydrogen) atoms. The van der Waals surface area contributed by atoms with Crippen LogP contribution in [0.15, 0.2) is 11.5 Å². The van der Waals surface area contributed by atoms with Crippen molar-refractivity contribution in [3.63, 3.8) is 0 Å². The molecule has 1 fully saturated rings. The van der Waals surface area contributed by atoms with E-state index in [9.17, 15) is 8.78 Å². The summed E-state index contributed by atoms with van der Waals surface area (Å²) in [7, 11) is -0.835. The monoisotopic (exact) mass is 257 g/mol. The molecule has 0 radical (unpaired) electrons. The molecule has 1 saturated heterocycles. The summed E-state index contributed by atoms with van der Waals surface area (Å²) in [4.78, 5) is 0. The summed E-state index contributed by atoms with van der Waals surface area (Å²) < 4.78 is 38.5. The highest BCUT2D eigenvalue weighted by Crippen LogP contribution is 2.40. The van der Waals surface area contributed by atoms with Crippen LogP contribution in [0.3, 0.4) is 0 Å². The van der Waals surface area contributed by atoms with Crippen molar-refractivity contribution < 1.29 is 18.1 Å². The van der Waals surface area contributed by atoms with Gasteiger partial charge in [0.15, 0.2) is 0 Å². The van der Waals surface area contributed by atoms with Crippen LogP contribution in [0.1, 0.15) is 34.1 Å². The lowest BCUT2D eigenvalue weighted by Crippen LogP contribution is -2.41. The summed E-state index contributed by atoms with van der Waals surface area (Å²) in [6, 6.07) is 0. The molecule has 1 aliphatic carbocycles. The molecule has 1 aliphatic heterocycles. The molecule has 0 spiro atoms. The maximum absolute atomic E-state index is 13.9. The molecule has 2 rings (SSSR count). The molecule has 2 aliphatic rings. The Hall–Kier alpha value is -0.745. The third-order valence-corrected chi connectivity index (χ3v) is 3.96. The normalized spacial score (nSPS) is 34.7. The lowest BCUT2D eigenvalue weighted by molar-refractivity contribution is 0.00578. The van der Waals surface area contributed by atoms with Crippen molar-refractivity contribution in [3.8, 4) is 0 Å². The number of hydrogen-bond donors (Lipinski definition) is 1. The molecule has 0 amide bonds. The fourth-order valence-electron chi connectivity index (χ4n) is 2.00. The van der Waals surface area contributed by atoms with E-state index in [4.69, 9.17) is 14.7 Å². The average molecular weight is 257 g/mol. The fraction of sp³-hybridized carbons (Fsp3) is 0.750. The van der Waals surface area contributed by atoms with Crippen LogP contribution >= 0.6 is 0 Å². The van der Waals surface area contributed by atoms with Crippen molar-refractivity contribution in [2.24, 2.45) is 0 Å². The first-order chi connectivity index (χ1) is 8.14. The molecular weight excluding hydrogens is 239 g/mol. The summed E-state index contributed by atoms with van der Waals surface area (Å²) in [5.41, 5.74) is -1.12. The number of rotatable bonds is 1. The summed E-state index contributed by atoms with van der Waals surface area (Å²) in [6.45, 7) is 7.47. The minimum absolute atomic E-state index is 0.214. The molecule has 0 aromatic rings. The van der Waals surface area contributed by atoms with Crippen LogP contribution in [-0.2, 0) is 9.31 Å². The molecule has 0 saturated carbocycles. The third kappa shape index (κ3) is 2.12. The zero-order valence-electron chi connectivity index (χ0n) is 11.1. The smallest absolute Gasteiger partial charge is 0.399 e. The highest BCUT2D eigenvalue weighted by atomic mass is 19.1. The molecule has 2 atom stereocenters. The van der Waals surface area contributed by atoms with E-state index in [0.717, 1.165) is 0 Å². The van der Waals surface area contributed by atoms with Crippen LogP contribution in [0.4, 0.5) is 8.78 Å². The molecule has 6 heteroatoms. The Labute approximate surface area is 106 Å². The van der Waals surface area contributed by atoms with Crippen molar-refractivity contribution in [1.82, 2.24) is 0 Å². The van der Waals surface area contributed by atoms with Crippen molar-refractivity contribution in [2.45, 2.75) is 57.7 Å². The van der Waals surface area contributed by atoms with E-state index in [1.54, 1.807) is 0 Å². The lowest BCUT2D eigenvalue weighted by atomic mass is 9.71. The Morgan fingerprint density at radius 3 is 2.17 bits per heavy atom.